The zero-order valence-electron chi connectivity index (χ0n) is 10.3. The topological polar surface area (TPSA) is 30.5 Å². The molecule has 1 aliphatic carbocycles. The first kappa shape index (κ1) is 12.7. The summed E-state index contributed by atoms with van der Waals surface area (Å²) in [6.07, 6.45) is 3.26. The maximum Gasteiger partial charge on any atom is 0.169 e. The van der Waals surface area contributed by atoms with E-state index in [0.717, 1.165) is 32.6 Å². The van der Waals surface area contributed by atoms with E-state index in [1.165, 1.54) is 12.2 Å². The Kier molecular flexibility index (Phi) is 4.53. The van der Waals surface area contributed by atoms with Gasteiger partial charge in [-0.3, -0.25) is 0 Å². The summed E-state index contributed by atoms with van der Waals surface area (Å²) in [6, 6.07) is 0.633. The normalized spacial score (nSPS) is 33.4. The van der Waals surface area contributed by atoms with Crippen LogP contribution in [-0.4, -0.2) is 42.6 Å². The minimum atomic E-state index is -0.237. The van der Waals surface area contributed by atoms with Gasteiger partial charge in [0.1, 0.15) is 0 Å². The van der Waals surface area contributed by atoms with Crippen molar-refractivity contribution >= 4 is 11.8 Å². The van der Waals surface area contributed by atoms with Crippen LogP contribution >= 0.6 is 11.8 Å². The summed E-state index contributed by atoms with van der Waals surface area (Å²) in [5.74, 6) is 0.932. The molecule has 1 saturated heterocycles. The van der Waals surface area contributed by atoms with Gasteiger partial charge in [0, 0.05) is 24.1 Å². The molecule has 2 atom stereocenters. The third kappa shape index (κ3) is 2.73. The van der Waals surface area contributed by atoms with Crippen LogP contribution in [0, 0.1) is 0 Å². The van der Waals surface area contributed by atoms with Crippen molar-refractivity contribution in [2.24, 2.45) is 0 Å². The highest BCUT2D eigenvalue weighted by Gasteiger charge is 2.44. The van der Waals surface area contributed by atoms with E-state index in [9.17, 15) is 0 Å². The van der Waals surface area contributed by atoms with E-state index >= 15 is 0 Å². The molecule has 94 valence electrons. The summed E-state index contributed by atoms with van der Waals surface area (Å²) in [4.78, 5) is 0. The summed E-state index contributed by atoms with van der Waals surface area (Å²) in [6.45, 7) is 7.01. The molecule has 2 aliphatic rings. The molecule has 2 fully saturated rings. The summed E-state index contributed by atoms with van der Waals surface area (Å²) in [5.41, 5.74) is 0. The van der Waals surface area contributed by atoms with E-state index in [1.807, 2.05) is 11.8 Å². The lowest BCUT2D eigenvalue weighted by Gasteiger charge is -2.41. The molecule has 1 saturated carbocycles. The molecule has 3 nitrogen and oxygen atoms in total. The highest BCUT2D eigenvalue weighted by molar-refractivity contribution is 7.99. The van der Waals surface area contributed by atoms with E-state index in [2.05, 4.69) is 19.2 Å². The van der Waals surface area contributed by atoms with Crippen LogP contribution in [0.1, 0.15) is 33.1 Å². The van der Waals surface area contributed by atoms with Gasteiger partial charge in [0.2, 0.25) is 0 Å². The van der Waals surface area contributed by atoms with Crippen LogP contribution in [-0.2, 0) is 9.47 Å². The monoisotopic (exact) mass is 245 g/mol. The Morgan fingerprint density at radius 3 is 2.69 bits per heavy atom. The van der Waals surface area contributed by atoms with Crippen LogP contribution in [0.4, 0.5) is 0 Å². The Bertz CT molecular complexity index is 219. The molecule has 0 radical (unpaired) electrons. The number of hydrogen-bond donors (Lipinski definition) is 1. The van der Waals surface area contributed by atoms with Crippen molar-refractivity contribution in [3.05, 3.63) is 0 Å². The van der Waals surface area contributed by atoms with Crippen LogP contribution in [0.3, 0.4) is 0 Å². The average Bonchev–Trinajstić information content (AvgIpc) is 2.72. The second kappa shape index (κ2) is 5.71. The Morgan fingerprint density at radius 1 is 1.31 bits per heavy atom. The maximum absolute atomic E-state index is 5.82. The highest BCUT2D eigenvalue weighted by Crippen LogP contribution is 2.40. The highest BCUT2D eigenvalue weighted by atomic mass is 32.2. The van der Waals surface area contributed by atoms with E-state index in [-0.39, 0.29) is 5.79 Å². The average molecular weight is 245 g/mol. The largest absolute Gasteiger partial charge is 0.347 e. The van der Waals surface area contributed by atoms with Crippen molar-refractivity contribution in [2.75, 3.05) is 25.5 Å². The molecule has 0 aromatic heterocycles. The molecule has 0 aromatic rings. The Labute approximate surface area is 103 Å². The predicted octanol–water partition coefficient (Wildman–Crippen LogP) is 2.01. The summed E-state index contributed by atoms with van der Waals surface area (Å²) >= 11 is 2.04. The quantitative estimate of drug-likeness (QED) is 0.821. The van der Waals surface area contributed by atoms with Crippen LogP contribution < -0.4 is 5.32 Å². The van der Waals surface area contributed by atoms with Gasteiger partial charge in [-0.15, -0.1) is 0 Å². The number of rotatable bonds is 4. The van der Waals surface area contributed by atoms with Crippen LogP contribution in [0.15, 0.2) is 0 Å². The van der Waals surface area contributed by atoms with Crippen molar-refractivity contribution in [3.8, 4) is 0 Å². The van der Waals surface area contributed by atoms with Gasteiger partial charge in [-0.1, -0.05) is 13.8 Å². The van der Waals surface area contributed by atoms with Gasteiger partial charge in [-0.25, -0.2) is 0 Å². The molecule has 2 unspecified atom stereocenters. The van der Waals surface area contributed by atoms with Gasteiger partial charge >= 0.3 is 0 Å². The molecule has 1 spiro atoms. The minimum Gasteiger partial charge on any atom is -0.347 e. The van der Waals surface area contributed by atoms with Gasteiger partial charge in [0.25, 0.3) is 0 Å². The van der Waals surface area contributed by atoms with Gasteiger partial charge in [-0.05, 0) is 18.7 Å². The fraction of sp³-hybridized carbons (Fsp3) is 1.00. The lowest BCUT2D eigenvalue weighted by atomic mass is 9.89. The van der Waals surface area contributed by atoms with Crippen LogP contribution in [0.2, 0.25) is 0 Å². The number of ether oxygens (including phenoxy) is 2. The summed E-state index contributed by atoms with van der Waals surface area (Å²) in [7, 11) is 0. The second-order valence-corrected chi connectivity index (χ2v) is 6.02. The molecule has 1 heterocycles. The molecule has 0 bridgehead atoms. The molecule has 1 N–H and O–H groups in total. The Balaban J connectivity index is 1.96. The van der Waals surface area contributed by atoms with E-state index in [4.69, 9.17) is 9.47 Å². The number of hydrogen-bond acceptors (Lipinski definition) is 4. The fourth-order valence-corrected chi connectivity index (χ4v) is 4.02. The molecular weight excluding hydrogens is 222 g/mol. The van der Waals surface area contributed by atoms with Crippen LogP contribution in [0.5, 0.6) is 0 Å². The Hall–Kier alpha value is 0.230. The first-order valence-electron chi connectivity index (χ1n) is 6.42. The molecule has 4 heteroatoms. The molecule has 2 rings (SSSR count). The molecule has 1 aliphatic heterocycles. The lowest BCUT2D eigenvalue weighted by molar-refractivity contribution is -0.178. The second-order valence-electron chi connectivity index (χ2n) is 4.51. The minimum absolute atomic E-state index is 0.237. The van der Waals surface area contributed by atoms with Crippen molar-refractivity contribution in [2.45, 2.75) is 50.2 Å². The molecular formula is C12H23NO2S. The number of thioether (sulfide) groups is 1. The van der Waals surface area contributed by atoms with Gasteiger partial charge in [0.15, 0.2) is 5.79 Å². The molecule has 16 heavy (non-hydrogen) atoms. The fourth-order valence-electron chi connectivity index (χ4n) is 2.76. The zero-order chi connectivity index (χ0) is 11.4. The zero-order valence-corrected chi connectivity index (χ0v) is 11.1. The number of nitrogens with one attached hydrogen (secondary N) is 1. The molecule has 0 amide bonds. The maximum atomic E-state index is 5.82. The standard InChI is InChI=1S/C12H23NO2S/c1-3-13-10-5-6-12(14-7-8-15-12)9-11(10)16-4-2/h10-11,13H,3-9H2,1-2H3. The van der Waals surface area contributed by atoms with Gasteiger partial charge in [0.05, 0.1) is 13.2 Å². The summed E-state index contributed by atoms with van der Waals surface area (Å²) in [5, 5.41) is 4.23. The van der Waals surface area contributed by atoms with Crippen molar-refractivity contribution in [3.63, 3.8) is 0 Å². The van der Waals surface area contributed by atoms with E-state index in [1.54, 1.807) is 0 Å². The summed E-state index contributed by atoms with van der Waals surface area (Å²) < 4.78 is 11.6. The van der Waals surface area contributed by atoms with E-state index in [0.29, 0.717) is 11.3 Å². The van der Waals surface area contributed by atoms with Crippen LogP contribution in [0.25, 0.3) is 0 Å². The third-order valence-electron chi connectivity index (χ3n) is 3.46. The lowest BCUT2D eigenvalue weighted by Crippen LogP contribution is -2.49. The first-order valence-corrected chi connectivity index (χ1v) is 7.47. The molecule has 0 aromatic carbocycles. The smallest absolute Gasteiger partial charge is 0.169 e. The van der Waals surface area contributed by atoms with Crippen molar-refractivity contribution < 1.29 is 9.47 Å². The SMILES string of the molecule is CCNC1CCC2(CC1SCC)OCCO2. The third-order valence-corrected chi connectivity index (χ3v) is 4.71. The van der Waals surface area contributed by atoms with E-state index < -0.39 is 0 Å². The van der Waals surface area contributed by atoms with Gasteiger partial charge < -0.3 is 14.8 Å². The predicted molar refractivity (Wildman–Crippen MR) is 67.9 cm³/mol. The van der Waals surface area contributed by atoms with Crippen molar-refractivity contribution in [1.82, 2.24) is 5.32 Å². The Morgan fingerprint density at radius 2 is 2.06 bits per heavy atom. The van der Waals surface area contributed by atoms with Gasteiger partial charge in [-0.2, -0.15) is 11.8 Å². The first-order chi connectivity index (χ1) is 7.79. The van der Waals surface area contributed by atoms with Crippen molar-refractivity contribution in [1.29, 1.82) is 0 Å².